The first kappa shape index (κ1) is 20.7. The van der Waals surface area contributed by atoms with Crippen LogP contribution in [-0.2, 0) is 16.1 Å². The Labute approximate surface area is 181 Å². The highest BCUT2D eigenvalue weighted by Crippen LogP contribution is 2.23. The number of hydrogen-bond acceptors (Lipinski definition) is 9. The average Bonchev–Trinajstić information content (AvgIpc) is 3.50. The summed E-state index contributed by atoms with van der Waals surface area (Å²) in [4.78, 5) is 31.9. The Bertz CT molecular complexity index is 1200. The summed E-state index contributed by atoms with van der Waals surface area (Å²) in [5, 5.41) is 14.2. The molecule has 11 heteroatoms. The molecule has 4 heterocycles. The molecular formula is C20H20N6O4S. The summed E-state index contributed by atoms with van der Waals surface area (Å²) >= 11 is 1.49. The van der Waals surface area contributed by atoms with Crippen molar-refractivity contribution >= 4 is 28.9 Å². The van der Waals surface area contributed by atoms with E-state index >= 15 is 0 Å². The molecule has 0 saturated heterocycles. The second-order valence-electron chi connectivity index (χ2n) is 6.72. The quantitative estimate of drug-likeness (QED) is 0.384. The zero-order valence-corrected chi connectivity index (χ0v) is 17.8. The van der Waals surface area contributed by atoms with Crippen molar-refractivity contribution in [3.8, 4) is 10.8 Å². The number of thiophene rings is 1. The molecule has 0 aliphatic heterocycles. The molecule has 160 valence electrons. The minimum atomic E-state index is -0.645. The molecule has 4 aromatic heterocycles. The van der Waals surface area contributed by atoms with E-state index in [0.717, 1.165) is 11.3 Å². The molecule has 0 saturated carbocycles. The Morgan fingerprint density at radius 2 is 2.16 bits per heavy atom. The van der Waals surface area contributed by atoms with Crippen LogP contribution in [0.3, 0.4) is 0 Å². The van der Waals surface area contributed by atoms with Crippen molar-refractivity contribution in [1.82, 2.24) is 29.7 Å². The van der Waals surface area contributed by atoms with Gasteiger partial charge in [-0.2, -0.15) is 5.10 Å². The van der Waals surface area contributed by atoms with Crippen LogP contribution in [0.2, 0.25) is 0 Å². The van der Waals surface area contributed by atoms with Crippen molar-refractivity contribution in [2.24, 2.45) is 0 Å². The smallest absolute Gasteiger partial charge is 0.344 e. The minimum absolute atomic E-state index is 0.139. The first-order chi connectivity index (χ1) is 15.1. The first-order valence-corrected chi connectivity index (χ1v) is 10.6. The van der Waals surface area contributed by atoms with Crippen LogP contribution in [0, 0.1) is 6.92 Å². The van der Waals surface area contributed by atoms with Crippen molar-refractivity contribution in [2.75, 3.05) is 13.2 Å². The summed E-state index contributed by atoms with van der Waals surface area (Å²) in [5.74, 6) is -0.266. The standard InChI is InChI=1S/C20H20N6O4S/c1-3-8-25(11-15-22-23-19(30-15)14-6-4-10-31-14)16(27)12-29-20(28)17-13(2)24-26-9-5-7-21-18(17)26/h4-7,9-10H,3,8,11-12H2,1-2H3. The molecule has 0 unspecified atom stereocenters. The zero-order valence-electron chi connectivity index (χ0n) is 17.0. The number of carbonyl (C=O) groups is 2. The molecule has 1 amide bonds. The SMILES string of the molecule is CCCN(Cc1nnc(-c2cccs2)o1)C(=O)COC(=O)c1c(C)nn2cccnc12. The maximum absolute atomic E-state index is 12.7. The summed E-state index contributed by atoms with van der Waals surface area (Å²) in [7, 11) is 0. The van der Waals surface area contributed by atoms with E-state index in [9.17, 15) is 9.59 Å². The largest absolute Gasteiger partial charge is 0.452 e. The van der Waals surface area contributed by atoms with Gasteiger partial charge in [0.1, 0.15) is 5.56 Å². The molecule has 0 radical (unpaired) electrons. The van der Waals surface area contributed by atoms with E-state index in [2.05, 4.69) is 20.3 Å². The van der Waals surface area contributed by atoms with E-state index in [1.165, 1.54) is 20.8 Å². The number of ether oxygens (including phenoxy) is 1. The third-order valence-corrected chi connectivity index (χ3v) is 5.33. The predicted octanol–water partition coefficient (Wildman–Crippen LogP) is 2.74. The van der Waals surface area contributed by atoms with Gasteiger partial charge in [-0.3, -0.25) is 4.79 Å². The summed E-state index contributed by atoms with van der Waals surface area (Å²) < 4.78 is 12.4. The molecule has 0 aromatic carbocycles. The maximum Gasteiger partial charge on any atom is 0.344 e. The Hall–Kier alpha value is -3.60. The second kappa shape index (κ2) is 9.04. The first-order valence-electron chi connectivity index (χ1n) is 9.68. The van der Waals surface area contributed by atoms with Crippen molar-refractivity contribution in [2.45, 2.75) is 26.8 Å². The van der Waals surface area contributed by atoms with Gasteiger partial charge in [0.2, 0.25) is 5.89 Å². The predicted molar refractivity (Wildman–Crippen MR) is 111 cm³/mol. The van der Waals surface area contributed by atoms with Crippen LogP contribution in [0.1, 0.15) is 35.3 Å². The van der Waals surface area contributed by atoms with Crippen molar-refractivity contribution in [1.29, 1.82) is 0 Å². The van der Waals surface area contributed by atoms with Gasteiger partial charge in [-0.15, -0.1) is 21.5 Å². The monoisotopic (exact) mass is 440 g/mol. The second-order valence-corrected chi connectivity index (χ2v) is 7.67. The summed E-state index contributed by atoms with van der Waals surface area (Å²) in [6.07, 6.45) is 3.98. The number of amides is 1. The van der Waals surface area contributed by atoms with Crippen molar-refractivity contribution in [3.63, 3.8) is 0 Å². The lowest BCUT2D eigenvalue weighted by Gasteiger charge is -2.20. The molecule has 0 N–H and O–H groups in total. The van der Waals surface area contributed by atoms with Crippen LogP contribution < -0.4 is 0 Å². The van der Waals surface area contributed by atoms with Crippen LogP contribution >= 0.6 is 11.3 Å². The van der Waals surface area contributed by atoms with E-state index in [-0.39, 0.29) is 18.0 Å². The van der Waals surface area contributed by atoms with Gasteiger partial charge >= 0.3 is 5.97 Å². The highest BCUT2D eigenvalue weighted by molar-refractivity contribution is 7.13. The molecule has 0 fully saturated rings. The number of aryl methyl sites for hydroxylation is 1. The van der Waals surface area contributed by atoms with Crippen LogP contribution in [0.15, 0.2) is 40.4 Å². The number of nitrogens with zero attached hydrogens (tertiary/aromatic N) is 6. The van der Waals surface area contributed by atoms with Crippen molar-refractivity contribution < 1.29 is 18.7 Å². The van der Waals surface area contributed by atoms with Gasteiger partial charge in [0, 0.05) is 18.9 Å². The van der Waals surface area contributed by atoms with Crippen LogP contribution in [0.5, 0.6) is 0 Å². The lowest BCUT2D eigenvalue weighted by Crippen LogP contribution is -2.35. The van der Waals surface area contributed by atoms with Crippen LogP contribution in [-0.4, -0.2) is 54.7 Å². The Balaban J connectivity index is 1.41. The van der Waals surface area contributed by atoms with Gasteiger partial charge in [0.25, 0.3) is 11.8 Å². The fourth-order valence-electron chi connectivity index (χ4n) is 3.07. The molecule has 0 atom stereocenters. The summed E-state index contributed by atoms with van der Waals surface area (Å²) in [5.41, 5.74) is 1.11. The third kappa shape index (κ3) is 4.45. The maximum atomic E-state index is 12.7. The van der Waals surface area contributed by atoms with E-state index in [1.54, 1.807) is 25.4 Å². The topological polar surface area (TPSA) is 116 Å². The molecular weight excluding hydrogens is 420 g/mol. The molecule has 0 aliphatic carbocycles. The molecule has 10 nitrogen and oxygen atoms in total. The molecule has 0 bridgehead atoms. The van der Waals surface area contributed by atoms with Crippen molar-refractivity contribution in [3.05, 3.63) is 53.1 Å². The Morgan fingerprint density at radius 3 is 2.94 bits per heavy atom. The number of aromatic nitrogens is 5. The van der Waals surface area contributed by atoms with E-state index < -0.39 is 12.6 Å². The van der Waals surface area contributed by atoms with Gasteiger partial charge < -0.3 is 14.1 Å². The molecule has 31 heavy (non-hydrogen) atoms. The number of fused-ring (bicyclic) bond motifs is 1. The van der Waals surface area contributed by atoms with E-state index in [1.807, 2.05) is 24.4 Å². The lowest BCUT2D eigenvalue weighted by atomic mass is 10.2. The van der Waals surface area contributed by atoms with Crippen LogP contribution in [0.25, 0.3) is 16.4 Å². The fourth-order valence-corrected chi connectivity index (χ4v) is 3.71. The number of rotatable bonds is 8. The van der Waals surface area contributed by atoms with E-state index in [4.69, 9.17) is 9.15 Å². The minimum Gasteiger partial charge on any atom is -0.452 e. The molecule has 0 spiro atoms. The number of carbonyl (C=O) groups excluding carboxylic acids is 2. The molecule has 4 aromatic rings. The molecule has 4 rings (SSSR count). The Kier molecular flexibility index (Phi) is 6.03. The third-order valence-electron chi connectivity index (χ3n) is 4.47. The lowest BCUT2D eigenvalue weighted by molar-refractivity contribution is -0.135. The van der Waals surface area contributed by atoms with E-state index in [0.29, 0.717) is 29.7 Å². The summed E-state index contributed by atoms with van der Waals surface area (Å²) in [6.45, 7) is 3.83. The molecule has 0 aliphatic rings. The normalized spacial score (nSPS) is 11.0. The zero-order chi connectivity index (χ0) is 21.8. The summed E-state index contributed by atoms with van der Waals surface area (Å²) in [6, 6.07) is 5.49. The number of esters is 1. The average molecular weight is 440 g/mol. The highest BCUT2D eigenvalue weighted by Gasteiger charge is 2.23. The highest BCUT2D eigenvalue weighted by atomic mass is 32.1. The fraction of sp³-hybridized carbons (Fsp3) is 0.300. The van der Waals surface area contributed by atoms with Gasteiger partial charge in [-0.05, 0) is 30.9 Å². The van der Waals surface area contributed by atoms with Gasteiger partial charge in [0.05, 0.1) is 17.1 Å². The Morgan fingerprint density at radius 1 is 1.29 bits per heavy atom. The van der Waals surface area contributed by atoms with Gasteiger partial charge in [0.15, 0.2) is 12.3 Å². The van der Waals surface area contributed by atoms with Gasteiger partial charge in [-0.1, -0.05) is 13.0 Å². The number of hydrogen-bond donors (Lipinski definition) is 0. The van der Waals surface area contributed by atoms with Crippen LogP contribution in [0.4, 0.5) is 0 Å². The van der Waals surface area contributed by atoms with Gasteiger partial charge in [-0.25, -0.2) is 14.3 Å².